The van der Waals surface area contributed by atoms with E-state index >= 15 is 0 Å². The summed E-state index contributed by atoms with van der Waals surface area (Å²) < 4.78 is 0. The van der Waals surface area contributed by atoms with Gasteiger partial charge in [-0.1, -0.05) is 31.2 Å². The Labute approximate surface area is 97.8 Å². The van der Waals surface area contributed by atoms with Crippen LogP contribution >= 0.6 is 12.6 Å². The number of hydrogen-bond acceptors (Lipinski definition) is 1. The van der Waals surface area contributed by atoms with Gasteiger partial charge in [-0.25, -0.2) is 0 Å². The highest BCUT2D eigenvalue weighted by molar-refractivity contribution is 7.80. The first kappa shape index (κ1) is 10.8. The van der Waals surface area contributed by atoms with Crippen molar-refractivity contribution in [1.82, 2.24) is 0 Å². The quantitative estimate of drug-likeness (QED) is 0.660. The molecular weight excluding hydrogens is 200 g/mol. The van der Waals surface area contributed by atoms with E-state index in [1.54, 1.807) is 0 Å². The molecular formula is C14H18S. The zero-order valence-electron chi connectivity index (χ0n) is 9.46. The van der Waals surface area contributed by atoms with Crippen LogP contribution in [0.4, 0.5) is 0 Å². The van der Waals surface area contributed by atoms with Crippen molar-refractivity contribution >= 4 is 18.2 Å². The lowest BCUT2D eigenvalue weighted by Crippen LogP contribution is -2.01. The van der Waals surface area contributed by atoms with E-state index in [-0.39, 0.29) is 0 Å². The topological polar surface area (TPSA) is 0 Å². The van der Waals surface area contributed by atoms with Gasteiger partial charge in [0.2, 0.25) is 0 Å². The molecule has 1 aromatic carbocycles. The lowest BCUT2D eigenvalue weighted by molar-refractivity contribution is 0.592. The van der Waals surface area contributed by atoms with E-state index in [9.17, 15) is 0 Å². The highest BCUT2D eigenvalue weighted by Gasteiger charge is 2.13. The molecule has 0 saturated carbocycles. The van der Waals surface area contributed by atoms with Gasteiger partial charge in [0.05, 0.1) is 0 Å². The van der Waals surface area contributed by atoms with Gasteiger partial charge in [-0.15, -0.1) is 12.6 Å². The highest BCUT2D eigenvalue weighted by Crippen LogP contribution is 2.33. The van der Waals surface area contributed by atoms with Gasteiger partial charge in [0.25, 0.3) is 0 Å². The summed E-state index contributed by atoms with van der Waals surface area (Å²) in [6.07, 6.45) is 6.27. The van der Waals surface area contributed by atoms with Gasteiger partial charge in [-0.05, 0) is 48.8 Å². The molecule has 80 valence electrons. The van der Waals surface area contributed by atoms with Crippen molar-refractivity contribution < 1.29 is 0 Å². The molecule has 0 N–H and O–H groups in total. The molecule has 2 rings (SSSR count). The molecule has 0 saturated heterocycles. The van der Waals surface area contributed by atoms with Crippen LogP contribution < -0.4 is 0 Å². The molecule has 1 atom stereocenters. The zero-order chi connectivity index (χ0) is 10.8. The largest absolute Gasteiger partial charge is 0.143 e. The van der Waals surface area contributed by atoms with Gasteiger partial charge in [0.1, 0.15) is 0 Å². The van der Waals surface area contributed by atoms with Crippen LogP contribution in [0.2, 0.25) is 0 Å². The van der Waals surface area contributed by atoms with Crippen molar-refractivity contribution in [2.75, 3.05) is 0 Å². The van der Waals surface area contributed by atoms with Gasteiger partial charge in [0.15, 0.2) is 0 Å². The standard InChI is InChI=1S/C14H18S/c1-10-5-3-7-12(9-10)13-8-4-6-11(2)14(13)15/h4,6,8-10,15H,3,5,7H2,1-2H3. The minimum absolute atomic E-state index is 0.724. The van der Waals surface area contributed by atoms with Gasteiger partial charge < -0.3 is 0 Å². The van der Waals surface area contributed by atoms with Gasteiger partial charge in [-0.3, -0.25) is 0 Å². The maximum atomic E-state index is 4.61. The Kier molecular flexibility index (Phi) is 3.20. The second-order valence-electron chi connectivity index (χ2n) is 4.53. The predicted molar refractivity (Wildman–Crippen MR) is 69.4 cm³/mol. The van der Waals surface area contributed by atoms with Crippen molar-refractivity contribution in [2.45, 2.75) is 38.0 Å². The van der Waals surface area contributed by atoms with Gasteiger partial charge in [0, 0.05) is 4.90 Å². The molecule has 15 heavy (non-hydrogen) atoms. The summed E-state index contributed by atoms with van der Waals surface area (Å²) >= 11 is 4.61. The molecule has 0 heterocycles. The smallest absolute Gasteiger partial charge is 0.0145 e. The molecule has 1 unspecified atom stereocenters. The van der Waals surface area contributed by atoms with Crippen LogP contribution in [0.5, 0.6) is 0 Å². The van der Waals surface area contributed by atoms with Crippen LogP contribution in [0.1, 0.15) is 37.3 Å². The fraction of sp³-hybridized carbons (Fsp3) is 0.429. The highest BCUT2D eigenvalue weighted by atomic mass is 32.1. The van der Waals surface area contributed by atoms with Crippen LogP contribution in [0.25, 0.3) is 5.57 Å². The molecule has 1 heteroatoms. The molecule has 1 aliphatic carbocycles. The zero-order valence-corrected chi connectivity index (χ0v) is 10.3. The first-order valence-corrected chi connectivity index (χ1v) is 6.13. The minimum Gasteiger partial charge on any atom is -0.143 e. The molecule has 0 bridgehead atoms. The van der Waals surface area contributed by atoms with Crippen molar-refractivity contribution in [3.8, 4) is 0 Å². The number of benzene rings is 1. The third-order valence-corrected chi connectivity index (χ3v) is 3.77. The van der Waals surface area contributed by atoms with Crippen molar-refractivity contribution in [1.29, 1.82) is 0 Å². The molecule has 0 fully saturated rings. The third-order valence-electron chi connectivity index (χ3n) is 3.17. The molecule has 0 aliphatic heterocycles. The average Bonchev–Trinajstić information content (AvgIpc) is 2.22. The Morgan fingerprint density at radius 1 is 1.33 bits per heavy atom. The molecule has 1 aromatic rings. The number of aryl methyl sites for hydroxylation is 1. The first-order chi connectivity index (χ1) is 7.18. The third kappa shape index (κ3) is 2.28. The Balaban J connectivity index is 2.41. The number of allylic oxidation sites excluding steroid dienone is 2. The van der Waals surface area contributed by atoms with E-state index in [0.29, 0.717) is 0 Å². The number of rotatable bonds is 1. The molecule has 1 aliphatic rings. The van der Waals surface area contributed by atoms with Crippen LogP contribution in [0, 0.1) is 12.8 Å². The lowest BCUT2D eigenvalue weighted by Gasteiger charge is -2.19. The van der Waals surface area contributed by atoms with Gasteiger partial charge in [-0.2, -0.15) is 0 Å². The molecule has 0 spiro atoms. The van der Waals surface area contributed by atoms with E-state index in [1.165, 1.54) is 36.0 Å². The Bertz CT molecular complexity index is 390. The average molecular weight is 218 g/mol. The van der Waals surface area contributed by atoms with E-state index in [2.05, 4.69) is 50.8 Å². The Hall–Kier alpha value is -0.690. The van der Waals surface area contributed by atoms with Crippen LogP contribution in [-0.2, 0) is 0 Å². The summed E-state index contributed by atoms with van der Waals surface area (Å²) in [5.74, 6) is 0.724. The van der Waals surface area contributed by atoms with Crippen molar-refractivity contribution in [2.24, 2.45) is 5.92 Å². The number of hydrogen-bond donors (Lipinski definition) is 1. The fourth-order valence-corrected chi connectivity index (χ4v) is 2.56. The van der Waals surface area contributed by atoms with Crippen LogP contribution in [-0.4, -0.2) is 0 Å². The monoisotopic (exact) mass is 218 g/mol. The summed E-state index contributed by atoms with van der Waals surface area (Å²) in [4.78, 5) is 1.15. The van der Waals surface area contributed by atoms with Crippen LogP contribution in [0.15, 0.2) is 29.2 Å². The molecule has 0 radical (unpaired) electrons. The first-order valence-electron chi connectivity index (χ1n) is 5.68. The van der Waals surface area contributed by atoms with Gasteiger partial charge >= 0.3 is 0 Å². The summed E-state index contributed by atoms with van der Waals surface area (Å²) in [5.41, 5.74) is 4.10. The Morgan fingerprint density at radius 2 is 2.13 bits per heavy atom. The van der Waals surface area contributed by atoms with E-state index in [4.69, 9.17) is 0 Å². The van der Waals surface area contributed by atoms with Crippen molar-refractivity contribution in [3.05, 3.63) is 35.4 Å². The second-order valence-corrected chi connectivity index (χ2v) is 4.98. The maximum Gasteiger partial charge on any atom is 0.0145 e. The number of thiol groups is 1. The molecule has 0 amide bonds. The van der Waals surface area contributed by atoms with Crippen molar-refractivity contribution in [3.63, 3.8) is 0 Å². The summed E-state index contributed by atoms with van der Waals surface area (Å²) in [7, 11) is 0. The second kappa shape index (κ2) is 4.44. The fourth-order valence-electron chi connectivity index (χ4n) is 2.27. The maximum absolute atomic E-state index is 4.61. The van der Waals surface area contributed by atoms with E-state index < -0.39 is 0 Å². The molecule has 0 nitrogen and oxygen atoms in total. The molecule has 0 aromatic heterocycles. The van der Waals surface area contributed by atoms with E-state index in [1.807, 2.05) is 0 Å². The minimum atomic E-state index is 0.724. The van der Waals surface area contributed by atoms with E-state index in [0.717, 1.165) is 10.8 Å². The lowest BCUT2D eigenvalue weighted by atomic mass is 9.88. The summed E-state index contributed by atoms with van der Waals surface area (Å²) in [6, 6.07) is 6.45. The summed E-state index contributed by atoms with van der Waals surface area (Å²) in [6.45, 7) is 4.42. The predicted octanol–water partition coefficient (Wildman–Crippen LogP) is 4.49. The van der Waals surface area contributed by atoms with Crippen LogP contribution in [0.3, 0.4) is 0 Å². The summed E-state index contributed by atoms with van der Waals surface area (Å²) in [5, 5.41) is 0. The SMILES string of the molecule is Cc1cccc(C2=CC(C)CCC2)c1S. The Morgan fingerprint density at radius 3 is 2.87 bits per heavy atom. The normalized spacial score (nSPS) is 21.3.